The van der Waals surface area contributed by atoms with Crippen LogP contribution in [0.25, 0.3) is 0 Å². The molecule has 4 rings (SSSR count). The van der Waals surface area contributed by atoms with Crippen LogP contribution in [0.3, 0.4) is 0 Å². The molecule has 9 heteroatoms. The Morgan fingerprint density at radius 3 is 2.80 bits per heavy atom. The molecule has 1 aliphatic heterocycles. The van der Waals surface area contributed by atoms with Crippen LogP contribution in [-0.4, -0.2) is 73.9 Å². The highest BCUT2D eigenvalue weighted by Crippen LogP contribution is 2.45. The maximum atomic E-state index is 14.8. The smallest absolute Gasteiger partial charge is 0.222 e. The van der Waals surface area contributed by atoms with Gasteiger partial charge in [-0.2, -0.15) is 0 Å². The summed E-state index contributed by atoms with van der Waals surface area (Å²) in [5.41, 5.74) is 2.19. The SMILES string of the molecule is C#Cc1cccc(C2(NC[C@@H](O)[C@@H]3Cc4cc(F)cc(c4)OCC(COC)CCN(CCC)C(=O)CCCC(=O)N3)CC2)c1. The summed E-state index contributed by atoms with van der Waals surface area (Å²) < 4.78 is 26.2. The monoisotopic (exact) mass is 607 g/mol. The lowest BCUT2D eigenvalue weighted by molar-refractivity contribution is -0.131. The van der Waals surface area contributed by atoms with E-state index in [1.54, 1.807) is 13.2 Å². The third-order valence-corrected chi connectivity index (χ3v) is 8.52. The Morgan fingerprint density at radius 1 is 1.25 bits per heavy atom. The number of methoxy groups -OCH3 is 1. The predicted octanol–water partition coefficient (Wildman–Crippen LogP) is 3.93. The summed E-state index contributed by atoms with van der Waals surface area (Å²) in [5, 5.41) is 17.8. The number of rotatable bonds is 9. The first-order chi connectivity index (χ1) is 21.2. The van der Waals surface area contributed by atoms with E-state index in [-0.39, 0.29) is 49.1 Å². The summed E-state index contributed by atoms with van der Waals surface area (Å²) in [6.07, 6.45) is 8.97. The quantitative estimate of drug-likeness (QED) is 0.374. The molecule has 0 spiro atoms. The van der Waals surface area contributed by atoms with Gasteiger partial charge in [-0.3, -0.25) is 9.59 Å². The first-order valence-corrected chi connectivity index (χ1v) is 15.7. The van der Waals surface area contributed by atoms with Gasteiger partial charge in [-0.05, 0) is 73.9 Å². The van der Waals surface area contributed by atoms with E-state index in [0.717, 1.165) is 30.4 Å². The van der Waals surface area contributed by atoms with Crippen molar-refractivity contribution in [2.75, 3.05) is 40.0 Å². The van der Waals surface area contributed by atoms with E-state index in [4.69, 9.17) is 15.9 Å². The van der Waals surface area contributed by atoms with E-state index >= 15 is 0 Å². The van der Waals surface area contributed by atoms with Gasteiger partial charge >= 0.3 is 0 Å². The van der Waals surface area contributed by atoms with E-state index in [9.17, 15) is 19.1 Å². The summed E-state index contributed by atoms with van der Waals surface area (Å²) in [6.45, 7) is 4.19. The third kappa shape index (κ3) is 9.52. The Hall–Kier alpha value is -3.45. The number of hydrogen-bond donors (Lipinski definition) is 3. The van der Waals surface area contributed by atoms with Crippen LogP contribution >= 0.6 is 0 Å². The van der Waals surface area contributed by atoms with Gasteiger partial charge in [0.15, 0.2) is 0 Å². The number of hydrogen-bond acceptors (Lipinski definition) is 6. The number of fused-ring (bicyclic) bond motifs is 2. The highest BCUT2D eigenvalue weighted by atomic mass is 19.1. The number of benzene rings is 2. The van der Waals surface area contributed by atoms with Crippen molar-refractivity contribution in [2.24, 2.45) is 5.92 Å². The van der Waals surface area contributed by atoms with E-state index in [2.05, 4.69) is 16.6 Å². The molecule has 1 heterocycles. The van der Waals surface area contributed by atoms with E-state index in [1.807, 2.05) is 36.1 Å². The molecule has 44 heavy (non-hydrogen) atoms. The molecule has 3 N–H and O–H groups in total. The van der Waals surface area contributed by atoms with Crippen molar-refractivity contribution >= 4 is 11.8 Å². The first kappa shape index (κ1) is 33.4. The predicted molar refractivity (Wildman–Crippen MR) is 168 cm³/mol. The molecule has 1 unspecified atom stereocenters. The van der Waals surface area contributed by atoms with E-state index in [0.29, 0.717) is 50.5 Å². The summed E-state index contributed by atoms with van der Waals surface area (Å²) in [6, 6.07) is 11.6. The zero-order valence-corrected chi connectivity index (χ0v) is 25.9. The number of terminal acetylenes is 1. The Labute approximate surface area is 260 Å². The fraction of sp³-hybridized carbons (Fsp3) is 0.543. The molecule has 2 bridgehead atoms. The number of halogens is 1. The maximum Gasteiger partial charge on any atom is 0.222 e. The molecule has 238 valence electrons. The van der Waals surface area contributed by atoms with Crippen LogP contribution < -0.4 is 15.4 Å². The Bertz CT molecular complexity index is 1310. The fourth-order valence-electron chi connectivity index (χ4n) is 5.87. The van der Waals surface area contributed by atoms with Gasteiger partial charge in [-0.1, -0.05) is 25.0 Å². The van der Waals surface area contributed by atoms with Gasteiger partial charge < -0.3 is 30.1 Å². The highest BCUT2D eigenvalue weighted by Gasteiger charge is 2.44. The second kappa shape index (κ2) is 16.0. The molecule has 2 aromatic carbocycles. The van der Waals surface area contributed by atoms with Gasteiger partial charge in [0.1, 0.15) is 11.6 Å². The van der Waals surface area contributed by atoms with Crippen molar-refractivity contribution in [1.29, 1.82) is 0 Å². The lowest BCUT2D eigenvalue weighted by atomic mass is 9.98. The molecule has 1 aliphatic carbocycles. The number of amides is 2. The molecule has 2 aliphatic rings. The van der Waals surface area contributed by atoms with Crippen LogP contribution in [0.15, 0.2) is 42.5 Å². The Morgan fingerprint density at radius 2 is 2.07 bits per heavy atom. The van der Waals surface area contributed by atoms with E-state index < -0.39 is 18.0 Å². The van der Waals surface area contributed by atoms with Gasteiger partial charge in [0, 0.05) is 62.7 Å². The Balaban J connectivity index is 1.52. The van der Waals surface area contributed by atoms with Crippen molar-refractivity contribution in [1.82, 2.24) is 15.5 Å². The van der Waals surface area contributed by atoms with Crippen LogP contribution in [-0.2, 0) is 26.3 Å². The standard InChI is InChI=1S/C35H46FN3O5/c1-4-15-39-16-12-26(23-43-3)24-44-30-19-27(18-29(36)21-30)20-31(38-33(41)10-7-11-34(39)42)32(40)22-37-35(13-14-35)28-9-6-8-25(5-2)17-28/h2,6,8-9,17-19,21,26,31-32,37,40H,4,7,10-16,20,22-24H2,1,3H3,(H,38,41)/t26?,31-,32+/m0/s1. The number of nitrogens with one attached hydrogen (secondary N) is 2. The minimum absolute atomic E-state index is 0.00881. The molecule has 8 nitrogen and oxygen atoms in total. The lowest BCUT2D eigenvalue weighted by Gasteiger charge is -2.27. The molecule has 3 atom stereocenters. The van der Waals surface area contributed by atoms with Crippen LogP contribution in [0, 0.1) is 24.1 Å². The number of aliphatic hydroxyl groups is 1. The van der Waals surface area contributed by atoms with Crippen molar-refractivity contribution in [3.05, 3.63) is 65.0 Å². The van der Waals surface area contributed by atoms with Gasteiger partial charge in [0.25, 0.3) is 0 Å². The second-order valence-electron chi connectivity index (χ2n) is 12.1. The molecule has 0 aromatic heterocycles. The summed E-state index contributed by atoms with van der Waals surface area (Å²) in [4.78, 5) is 27.9. The normalized spacial score (nSPS) is 21.8. The first-order valence-electron chi connectivity index (χ1n) is 15.7. The average molecular weight is 608 g/mol. The maximum absolute atomic E-state index is 14.8. The fourth-order valence-corrected chi connectivity index (χ4v) is 5.87. The zero-order valence-electron chi connectivity index (χ0n) is 25.9. The summed E-state index contributed by atoms with van der Waals surface area (Å²) >= 11 is 0. The van der Waals surface area contributed by atoms with Crippen molar-refractivity contribution in [3.63, 3.8) is 0 Å². The van der Waals surface area contributed by atoms with Crippen molar-refractivity contribution < 1.29 is 28.6 Å². The zero-order chi connectivity index (χ0) is 31.5. The van der Waals surface area contributed by atoms with Crippen LogP contribution in [0.5, 0.6) is 5.75 Å². The minimum Gasteiger partial charge on any atom is -0.493 e. The topological polar surface area (TPSA) is 100 Å². The number of ether oxygens (including phenoxy) is 2. The van der Waals surface area contributed by atoms with Crippen molar-refractivity contribution in [3.8, 4) is 18.1 Å². The Kier molecular flexibility index (Phi) is 12.2. The van der Waals surface area contributed by atoms with Gasteiger partial charge in [0.05, 0.1) is 25.4 Å². The lowest BCUT2D eigenvalue weighted by Crippen LogP contribution is -2.50. The van der Waals surface area contributed by atoms with Gasteiger partial charge in [0.2, 0.25) is 11.8 Å². The van der Waals surface area contributed by atoms with Gasteiger partial charge in [-0.25, -0.2) is 4.39 Å². The molecule has 2 aromatic rings. The summed E-state index contributed by atoms with van der Waals surface area (Å²) in [5.74, 6) is 2.35. The van der Waals surface area contributed by atoms with Crippen LogP contribution in [0.4, 0.5) is 4.39 Å². The molecule has 0 radical (unpaired) electrons. The van der Waals surface area contributed by atoms with Crippen molar-refractivity contribution in [2.45, 2.75) is 76.0 Å². The number of carbonyl (C=O) groups is 2. The van der Waals surface area contributed by atoms with Gasteiger partial charge in [-0.15, -0.1) is 6.42 Å². The number of carbonyl (C=O) groups excluding carboxylic acids is 2. The highest BCUT2D eigenvalue weighted by molar-refractivity contribution is 5.79. The molecular weight excluding hydrogens is 561 g/mol. The largest absolute Gasteiger partial charge is 0.493 e. The number of nitrogens with zero attached hydrogens (tertiary/aromatic N) is 1. The molecule has 2 amide bonds. The molecule has 0 saturated heterocycles. The average Bonchev–Trinajstić information content (AvgIpc) is 3.80. The van der Waals surface area contributed by atoms with Crippen LogP contribution in [0.2, 0.25) is 0 Å². The molecule has 1 saturated carbocycles. The number of aliphatic hydroxyl groups excluding tert-OH is 1. The second-order valence-corrected chi connectivity index (χ2v) is 12.1. The van der Waals surface area contributed by atoms with E-state index in [1.165, 1.54) is 12.1 Å². The molecular formula is C35H46FN3O5. The summed E-state index contributed by atoms with van der Waals surface area (Å²) in [7, 11) is 1.63. The minimum atomic E-state index is -0.963. The molecule has 1 fully saturated rings. The third-order valence-electron chi connectivity index (χ3n) is 8.52. The van der Waals surface area contributed by atoms with Crippen LogP contribution in [0.1, 0.15) is 68.6 Å².